The number of hydrogen-bond donors (Lipinski definition) is 0. The van der Waals surface area contributed by atoms with Crippen LogP contribution in [0.1, 0.15) is 10.4 Å². The smallest absolute Gasteiger partial charge is 0.267 e. The van der Waals surface area contributed by atoms with Gasteiger partial charge in [-0.05, 0) is 17.0 Å². The molecule has 0 aliphatic rings. The Morgan fingerprint density at radius 3 is 3.08 bits per heavy atom. The number of fused-ring (bicyclic) bond motifs is 1. The van der Waals surface area contributed by atoms with E-state index in [-0.39, 0.29) is 26.5 Å². The van der Waals surface area contributed by atoms with Crippen molar-refractivity contribution in [2.75, 3.05) is 0 Å². The van der Waals surface area contributed by atoms with Crippen molar-refractivity contribution in [1.82, 2.24) is 5.16 Å². The summed E-state index contributed by atoms with van der Waals surface area (Å²) >= 11 is 5.71. The van der Waals surface area contributed by atoms with Crippen LogP contribution >= 0.6 is 11.6 Å². The molecule has 0 saturated heterocycles. The van der Waals surface area contributed by atoms with E-state index >= 15 is 0 Å². The molecular formula is C7H3ClN2O3. The van der Waals surface area contributed by atoms with Crippen LogP contribution in [0.3, 0.4) is 0 Å². The van der Waals surface area contributed by atoms with Crippen molar-refractivity contribution in [2.24, 2.45) is 0 Å². The normalized spacial score (nSPS) is 10.5. The number of aromatic nitrogens is 2. The third-order valence-corrected chi connectivity index (χ3v) is 1.95. The number of benzene rings is 1. The molecule has 1 aromatic heterocycles. The monoisotopic (exact) mass is 198 g/mol. The van der Waals surface area contributed by atoms with Crippen molar-refractivity contribution in [3.63, 3.8) is 0 Å². The van der Waals surface area contributed by atoms with Crippen LogP contribution in [-0.2, 0) is 0 Å². The molecule has 0 amide bonds. The first-order valence-corrected chi connectivity index (χ1v) is 3.75. The lowest BCUT2D eigenvalue weighted by Crippen LogP contribution is -2.23. The third kappa shape index (κ3) is 1.05. The summed E-state index contributed by atoms with van der Waals surface area (Å²) in [5, 5.41) is 14.7. The van der Waals surface area contributed by atoms with E-state index in [0.717, 1.165) is 0 Å². The molecule has 2 aromatic rings. The van der Waals surface area contributed by atoms with Gasteiger partial charge < -0.3 is 5.21 Å². The van der Waals surface area contributed by atoms with Gasteiger partial charge in [-0.15, -0.1) is 0 Å². The minimum Gasteiger partial charge on any atom is -0.359 e. The Morgan fingerprint density at radius 1 is 1.62 bits per heavy atom. The number of carbonyl (C=O) groups is 1. The van der Waals surface area contributed by atoms with Gasteiger partial charge in [0.1, 0.15) is 0 Å². The molecule has 6 heteroatoms. The Morgan fingerprint density at radius 2 is 2.38 bits per heavy atom. The molecule has 0 spiro atoms. The van der Waals surface area contributed by atoms with E-state index < -0.39 is 0 Å². The predicted molar refractivity (Wildman–Crippen MR) is 43.4 cm³/mol. The molecule has 1 heterocycles. The van der Waals surface area contributed by atoms with Gasteiger partial charge in [-0.25, -0.2) is 0 Å². The first-order valence-electron chi connectivity index (χ1n) is 3.37. The molecule has 0 radical (unpaired) electrons. The van der Waals surface area contributed by atoms with Gasteiger partial charge in [0.2, 0.25) is 5.52 Å². The molecule has 0 fully saturated rings. The standard InChI is InChI=1S/C7H3ClN2O3/c8-5-2-1-4(3-11)7-6(5)9-13-10(7)12/h1-3H. The molecule has 0 aliphatic carbocycles. The van der Waals surface area contributed by atoms with Crippen molar-refractivity contribution in [1.29, 1.82) is 0 Å². The topological polar surface area (TPSA) is 70.0 Å². The summed E-state index contributed by atoms with van der Waals surface area (Å²) in [6.07, 6.45) is 0.546. The summed E-state index contributed by atoms with van der Waals surface area (Å²) in [5.74, 6) is 0. The van der Waals surface area contributed by atoms with Crippen LogP contribution in [0.15, 0.2) is 16.8 Å². The van der Waals surface area contributed by atoms with Gasteiger partial charge >= 0.3 is 0 Å². The van der Waals surface area contributed by atoms with Gasteiger partial charge in [0.25, 0.3) is 5.52 Å². The van der Waals surface area contributed by atoms with Gasteiger partial charge in [-0.1, -0.05) is 11.6 Å². The van der Waals surface area contributed by atoms with Gasteiger partial charge in [0, 0.05) is 5.16 Å². The minimum absolute atomic E-state index is 0.0579. The van der Waals surface area contributed by atoms with Crippen molar-refractivity contribution in [2.45, 2.75) is 0 Å². The van der Waals surface area contributed by atoms with Gasteiger partial charge in [-0.2, -0.15) is 0 Å². The van der Waals surface area contributed by atoms with Crippen LogP contribution in [0, 0.1) is 5.21 Å². The van der Waals surface area contributed by atoms with E-state index in [1.54, 1.807) is 0 Å². The number of hydrogen-bond acceptors (Lipinski definition) is 4. The lowest BCUT2D eigenvalue weighted by atomic mass is 10.2. The maximum absolute atomic E-state index is 11.0. The zero-order valence-electron chi connectivity index (χ0n) is 6.23. The zero-order valence-corrected chi connectivity index (χ0v) is 6.99. The molecule has 0 unspecified atom stereocenters. The highest BCUT2D eigenvalue weighted by Gasteiger charge is 2.17. The van der Waals surface area contributed by atoms with Crippen LogP contribution in [-0.4, -0.2) is 11.4 Å². The minimum atomic E-state index is 0.0579. The Hall–Kier alpha value is -1.62. The summed E-state index contributed by atoms with van der Waals surface area (Å²) in [7, 11) is 0. The number of aldehydes is 1. The zero-order chi connectivity index (χ0) is 9.42. The maximum Gasteiger partial charge on any atom is 0.267 e. The quantitative estimate of drug-likeness (QED) is 0.505. The predicted octanol–water partition coefficient (Wildman–Crippen LogP) is 0.927. The number of halogens is 1. The Labute approximate surface area is 77.0 Å². The molecule has 5 nitrogen and oxygen atoms in total. The lowest BCUT2D eigenvalue weighted by Gasteiger charge is -1.91. The molecule has 66 valence electrons. The van der Waals surface area contributed by atoms with E-state index in [4.69, 9.17) is 11.6 Å². The van der Waals surface area contributed by atoms with Gasteiger partial charge in [0.15, 0.2) is 6.29 Å². The maximum atomic E-state index is 11.0. The molecule has 0 atom stereocenters. The lowest BCUT2D eigenvalue weighted by molar-refractivity contribution is -0.782. The first kappa shape index (κ1) is 8.00. The largest absolute Gasteiger partial charge is 0.359 e. The summed E-state index contributed by atoms with van der Waals surface area (Å²) in [4.78, 5) is 10.7. The molecule has 0 bridgehead atoms. The Balaban J connectivity index is 2.96. The third-order valence-electron chi connectivity index (χ3n) is 1.65. The van der Waals surface area contributed by atoms with Crippen molar-refractivity contribution >= 4 is 28.9 Å². The van der Waals surface area contributed by atoms with Crippen LogP contribution in [0.2, 0.25) is 5.02 Å². The molecule has 0 N–H and O–H groups in total. The fourth-order valence-electron chi connectivity index (χ4n) is 1.06. The highest BCUT2D eigenvalue weighted by atomic mass is 35.5. The second-order valence-electron chi connectivity index (χ2n) is 2.38. The van der Waals surface area contributed by atoms with Crippen LogP contribution in [0.25, 0.3) is 11.0 Å². The molecule has 0 aliphatic heterocycles. The molecule has 2 rings (SSSR count). The van der Waals surface area contributed by atoms with Crippen LogP contribution in [0.4, 0.5) is 0 Å². The molecule has 0 saturated carbocycles. The van der Waals surface area contributed by atoms with E-state index in [1.165, 1.54) is 12.1 Å². The Kier molecular flexibility index (Phi) is 1.66. The fraction of sp³-hybridized carbons (Fsp3) is 0. The average molecular weight is 199 g/mol. The fourth-order valence-corrected chi connectivity index (χ4v) is 1.25. The molecule has 1 aromatic carbocycles. The van der Waals surface area contributed by atoms with E-state index in [1.807, 2.05) is 0 Å². The highest BCUT2D eigenvalue weighted by Crippen LogP contribution is 2.21. The number of nitrogens with zero attached hydrogens (tertiary/aromatic N) is 2. The summed E-state index contributed by atoms with van der Waals surface area (Å²) in [6, 6.07) is 2.92. The highest BCUT2D eigenvalue weighted by molar-refractivity contribution is 6.35. The summed E-state index contributed by atoms with van der Waals surface area (Å²) in [5.41, 5.74) is 0.458. The van der Waals surface area contributed by atoms with Crippen molar-refractivity contribution in [3.8, 4) is 0 Å². The second kappa shape index (κ2) is 2.70. The SMILES string of the molecule is O=Cc1ccc(Cl)c2no[n+]([O-])c12. The van der Waals surface area contributed by atoms with Crippen LogP contribution < -0.4 is 4.90 Å². The van der Waals surface area contributed by atoms with E-state index in [0.29, 0.717) is 6.29 Å². The van der Waals surface area contributed by atoms with Gasteiger partial charge in [-0.3, -0.25) is 9.42 Å². The molecular weight excluding hydrogens is 196 g/mol. The van der Waals surface area contributed by atoms with E-state index in [2.05, 4.69) is 9.79 Å². The first-order chi connectivity index (χ1) is 6.24. The van der Waals surface area contributed by atoms with Crippen molar-refractivity contribution < 1.29 is 14.3 Å². The summed E-state index contributed by atoms with van der Waals surface area (Å²) in [6.45, 7) is 0. The average Bonchev–Trinajstić information content (AvgIpc) is 2.51. The second-order valence-corrected chi connectivity index (χ2v) is 2.79. The number of rotatable bonds is 1. The van der Waals surface area contributed by atoms with Gasteiger partial charge in [0.05, 0.1) is 10.6 Å². The Bertz CT molecular complexity index is 480. The number of carbonyl (C=O) groups excluding carboxylic acids is 1. The van der Waals surface area contributed by atoms with Crippen molar-refractivity contribution in [3.05, 3.63) is 27.9 Å². The van der Waals surface area contributed by atoms with Crippen LogP contribution in [0.5, 0.6) is 0 Å². The van der Waals surface area contributed by atoms with E-state index in [9.17, 15) is 10.0 Å². The summed E-state index contributed by atoms with van der Waals surface area (Å²) < 4.78 is 4.31. The molecule has 13 heavy (non-hydrogen) atoms.